The maximum absolute atomic E-state index is 11.1. The maximum atomic E-state index is 11.1. The number of hydrogen-bond acceptors (Lipinski definition) is 3. The summed E-state index contributed by atoms with van der Waals surface area (Å²) in [7, 11) is 0. The van der Waals surface area contributed by atoms with Gasteiger partial charge in [-0.3, -0.25) is 4.57 Å². The number of aliphatic hydroxyl groups excluding tert-OH is 1. The summed E-state index contributed by atoms with van der Waals surface area (Å²) in [6.07, 6.45) is 2.11. The van der Waals surface area contributed by atoms with Crippen LogP contribution in [0, 0.1) is 0 Å². The Morgan fingerprint density at radius 1 is 1.77 bits per heavy atom. The van der Waals surface area contributed by atoms with Gasteiger partial charge in [-0.25, -0.2) is 9.78 Å². The molecule has 1 aromatic rings. The van der Waals surface area contributed by atoms with E-state index < -0.39 is 11.8 Å². The average molecular weight is 268 g/mol. The van der Waals surface area contributed by atoms with Gasteiger partial charge in [0.15, 0.2) is 0 Å². The van der Waals surface area contributed by atoms with Crippen LogP contribution in [-0.2, 0) is 6.54 Å². The molecule has 0 spiro atoms. The molecular formula is C7H8BrClN2O2. The molecule has 13 heavy (non-hydrogen) atoms. The number of rotatable bonds is 3. The van der Waals surface area contributed by atoms with Crippen molar-refractivity contribution in [2.24, 2.45) is 0 Å². The first kappa shape index (κ1) is 10.7. The van der Waals surface area contributed by atoms with Gasteiger partial charge in [-0.2, -0.15) is 0 Å². The van der Waals surface area contributed by atoms with Gasteiger partial charge in [-0.15, -0.1) is 0 Å². The van der Waals surface area contributed by atoms with Gasteiger partial charge in [0.2, 0.25) is 0 Å². The molecular weight excluding hydrogens is 259 g/mol. The SMILES string of the molecule is O=c1ncc(Cl)cn1CC(O)CBr. The predicted molar refractivity (Wildman–Crippen MR) is 53.3 cm³/mol. The van der Waals surface area contributed by atoms with Gasteiger partial charge in [0.25, 0.3) is 0 Å². The Kier molecular flexibility index (Phi) is 3.90. The molecule has 1 unspecified atom stereocenters. The van der Waals surface area contributed by atoms with Crippen molar-refractivity contribution < 1.29 is 5.11 Å². The fourth-order valence-electron chi connectivity index (χ4n) is 0.835. The van der Waals surface area contributed by atoms with Crippen LogP contribution in [0.3, 0.4) is 0 Å². The first-order chi connectivity index (χ1) is 6.13. The fraction of sp³-hybridized carbons (Fsp3) is 0.429. The number of aliphatic hydroxyl groups is 1. The monoisotopic (exact) mass is 266 g/mol. The average Bonchev–Trinajstić information content (AvgIpc) is 2.11. The van der Waals surface area contributed by atoms with E-state index in [-0.39, 0.29) is 6.54 Å². The van der Waals surface area contributed by atoms with Crippen molar-refractivity contribution in [3.63, 3.8) is 0 Å². The molecule has 0 saturated heterocycles. The van der Waals surface area contributed by atoms with E-state index in [0.717, 1.165) is 0 Å². The Labute approximate surface area is 88.3 Å². The molecule has 1 aromatic heterocycles. The van der Waals surface area contributed by atoms with Gasteiger partial charge < -0.3 is 5.11 Å². The van der Waals surface area contributed by atoms with Gasteiger partial charge in [0.05, 0.1) is 23.9 Å². The summed E-state index contributed by atoms with van der Waals surface area (Å²) in [4.78, 5) is 14.6. The summed E-state index contributed by atoms with van der Waals surface area (Å²) in [5, 5.41) is 10.0. The highest BCUT2D eigenvalue weighted by atomic mass is 79.9. The van der Waals surface area contributed by atoms with Crippen LogP contribution in [0.1, 0.15) is 0 Å². The van der Waals surface area contributed by atoms with Crippen LogP contribution in [0.2, 0.25) is 5.02 Å². The zero-order valence-corrected chi connectivity index (χ0v) is 8.99. The standard InChI is InChI=1S/C7H8BrClN2O2/c8-1-6(12)4-11-3-5(9)2-10-7(11)13/h2-3,6,12H,1,4H2. The summed E-state index contributed by atoms with van der Waals surface area (Å²) in [6.45, 7) is 0.192. The lowest BCUT2D eigenvalue weighted by atomic mass is 10.4. The quantitative estimate of drug-likeness (QED) is 0.818. The highest BCUT2D eigenvalue weighted by molar-refractivity contribution is 9.09. The van der Waals surface area contributed by atoms with Crippen LogP contribution >= 0.6 is 27.5 Å². The minimum Gasteiger partial charge on any atom is -0.390 e. The first-order valence-corrected chi connectivity index (χ1v) is 5.09. The minimum absolute atomic E-state index is 0.192. The Balaban J connectivity index is 2.87. The number of halogens is 2. The van der Waals surface area contributed by atoms with Crippen LogP contribution < -0.4 is 5.69 Å². The summed E-state index contributed by atoms with van der Waals surface area (Å²) < 4.78 is 1.27. The predicted octanol–water partition coefficient (Wildman–Crippen LogP) is 0.653. The zero-order chi connectivity index (χ0) is 9.84. The third kappa shape index (κ3) is 3.10. The van der Waals surface area contributed by atoms with E-state index in [1.165, 1.54) is 17.0 Å². The molecule has 0 radical (unpaired) electrons. The van der Waals surface area contributed by atoms with Gasteiger partial charge in [0, 0.05) is 11.5 Å². The molecule has 6 heteroatoms. The summed E-state index contributed by atoms with van der Waals surface area (Å²) in [6, 6.07) is 0. The molecule has 0 aromatic carbocycles. The van der Waals surface area contributed by atoms with E-state index >= 15 is 0 Å². The van der Waals surface area contributed by atoms with Gasteiger partial charge >= 0.3 is 5.69 Å². The molecule has 0 amide bonds. The van der Waals surface area contributed by atoms with Crippen LogP contribution in [-0.4, -0.2) is 26.1 Å². The van der Waals surface area contributed by atoms with Crippen molar-refractivity contribution in [3.05, 3.63) is 27.9 Å². The lowest BCUT2D eigenvalue weighted by molar-refractivity contribution is 0.177. The lowest BCUT2D eigenvalue weighted by Gasteiger charge is -2.08. The van der Waals surface area contributed by atoms with Crippen LogP contribution in [0.25, 0.3) is 0 Å². The fourth-order valence-corrected chi connectivity index (χ4v) is 1.21. The van der Waals surface area contributed by atoms with Gasteiger partial charge in [-0.1, -0.05) is 27.5 Å². The van der Waals surface area contributed by atoms with E-state index in [2.05, 4.69) is 20.9 Å². The number of aromatic nitrogens is 2. The van der Waals surface area contributed by atoms with Crippen LogP contribution in [0.15, 0.2) is 17.2 Å². The normalized spacial score (nSPS) is 12.8. The van der Waals surface area contributed by atoms with Crippen LogP contribution in [0.4, 0.5) is 0 Å². The number of hydrogen-bond donors (Lipinski definition) is 1. The maximum Gasteiger partial charge on any atom is 0.347 e. The molecule has 0 aliphatic rings. The number of alkyl halides is 1. The zero-order valence-electron chi connectivity index (χ0n) is 6.65. The van der Waals surface area contributed by atoms with Crippen molar-refractivity contribution in [3.8, 4) is 0 Å². The Bertz CT molecular complexity index is 342. The van der Waals surface area contributed by atoms with Crippen LogP contribution in [0.5, 0.6) is 0 Å². The second kappa shape index (κ2) is 4.74. The molecule has 0 fully saturated rings. The van der Waals surface area contributed by atoms with Crippen molar-refractivity contribution >= 4 is 27.5 Å². The highest BCUT2D eigenvalue weighted by Gasteiger charge is 2.05. The van der Waals surface area contributed by atoms with Gasteiger partial charge in [0.1, 0.15) is 0 Å². The Hall–Kier alpha value is -0.390. The molecule has 0 aliphatic heterocycles. The largest absolute Gasteiger partial charge is 0.390 e. The smallest absolute Gasteiger partial charge is 0.347 e. The summed E-state index contributed by atoms with van der Waals surface area (Å²) in [5.74, 6) is 0. The van der Waals surface area contributed by atoms with E-state index in [4.69, 9.17) is 11.6 Å². The summed E-state index contributed by atoms with van der Waals surface area (Å²) in [5.41, 5.74) is -0.413. The first-order valence-electron chi connectivity index (χ1n) is 3.59. The second-order valence-corrected chi connectivity index (χ2v) is 3.60. The molecule has 1 N–H and O–H groups in total. The highest BCUT2D eigenvalue weighted by Crippen LogP contribution is 2.02. The van der Waals surface area contributed by atoms with Crippen molar-refractivity contribution in [2.75, 3.05) is 5.33 Å². The van der Waals surface area contributed by atoms with E-state index in [0.29, 0.717) is 10.4 Å². The minimum atomic E-state index is -0.613. The van der Waals surface area contributed by atoms with E-state index in [1.807, 2.05) is 0 Å². The van der Waals surface area contributed by atoms with Gasteiger partial charge in [-0.05, 0) is 0 Å². The van der Waals surface area contributed by atoms with Crippen molar-refractivity contribution in [2.45, 2.75) is 12.6 Å². The van der Waals surface area contributed by atoms with E-state index in [9.17, 15) is 9.90 Å². The molecule has 72 valence electrons. The topological polar surface area (TPSA) is 55.1 Å². The Morgan fingerprint density at radius 2 is 2.46 bits per heavy atom. The molecule has 0 saturated carbocycles. The third-order valence-electron chi connectivity index (χ3n) is 1.41. The van der Waals surface area contributed by atoms with Crippen molar-refractivity contribution in [1.29, 1.82) is 0 Å². The van der Waals surface area contributed by atoms with Crippen molar-refractivity contribution in [1.82, 2.24) is 9.55 Å². The molecule has 1 heterocycles. The lowest BCUT2D eigenvalue weighted by Crippen LogP contribution is -2.28. The molecule has 1 atom stereocenters. The van der Waals surface area contributed by atoms with E-state index in [1.54, 1.807) is 0 Å². The molecule has 4 nitrogen and oxygen atoms in total. The molecule has 0 bridgehead atoms. The number of nitrogens with zero attached hydrogens (tertiary/aromatic N) is 2. The molecule has 1 rings (SSSR count). The third-order valence-corrected chi connectivity index (χ3v) is 2.35. The second-order valence-electron chi connectivity index (χ2n) is 2.52. The summed E-state index contributed by atoms with van der Waals surface area (Å²) >= 11 is 8.72. The Morgan fingerprint density at radius 3 is 3.08 bits per heavy atom. The molecule has 0 aliphatic carbocycles.